The van der Waals surface area contributed by atoms with Gasteiger partial charge in [-0.3, -0.25) is 4.79 Å². The second-order valence-corrected chi connectivity index (χ2v) is 6.88. The highest BCUT2D eigenvalue weighted by molar-refractivity contribution is 7.99. The predicted molar refractivity (Wildman–Crippen MR) is 109 cm³/mol. The van der Waals surface area contributed by atoms with Gasteiger partial charge in [-0.25, -0.2) is 0 Å². The minimum Gasteiger partial charge on any atom is -0.497 e. The largest absolute Gasteiger partial charge is 0.497 e. The monoisotopic (exact) mass is 391 g/mol. The number of carbonyl (C=O) groups excluding carboxylic acids is 1. The number of hydrogen-bond acceptors (Lipinski definition) is 6. The number of carbonyl (C=O) groups is 1. The Labute approximate surface area is 165 Å². The van der Waals surface area contributed by atoms with Crippen LogP contribution in [0.15, 0.2) is 71.9 Å². The maximum Gasteiger partial charge on any atom is 0.234 e. The number of thioether (sulfide) groups is 1. The smallest absolute Gasteiger partial charge is 0.234 e. The molecule has 0 spiro atoms. The number of benzene rings is 3. The zero-order valence-corrected chi connectivity index (χ0v) is 15.9. The molecule has 0 saturated carbocycles. The number of hydrogen-bond donors (Lipinski definition) is 1. The predicted octanol–water partition coefficient (Wildman–Crippen LogP) is 3.55. The third-order valence-corrected chi connectivity index (χ3v) is 5.05. The number of aromatic nitrogens is 4. The number of methoxy groups -OCH3 is 1. The average Bonchev–Trinajstić information content (AvgIpc) is 3.21. The molecular weight excluding hydrogens is 374 g/mol. The van der Waals surface area contributed by atoms with E-state index in [2.05, 4.69) is 20.8 Å². The van der Waals surface area contributed by atoms with E-state index in [4.69, 9.17) is 4.74 Å². The summed E-state index contributed by atoms with van der Waals surface area (Å²) in [5.74, 6) is 0.771. The van der Waals surface area contributed by atoms with Crippen LogP contribution in [-0.2, 0) is 4.79 Å². The van der Waals surface area contributed by atoms with Crippen molar-refractivity contribution in [2.45, 2.75) is 5.16 Å². The van der Waals surface area contributed by atoms with Crippen LogP contribution in [0, 0.1) is 0 Å². The van der Waals surface area contributed by atoms with Crippen LogP contribution in [-0.4, -0.2) is 39.0 Å². The summed E-state index contributed by atoms with van der Waals surface area (Å²) in [5.41, 5.74) is 1.55. The molecule has 0 fully saturated rings. The maximum absolute atomic E-state index is 12.5. The molecule has 0 saturated heterocycles. The minimum atomic E-state index is -0.124. The summed E-state index contributed by atoms with van der Waals surface area (Å²) in [7, 11) is 1.60. The standard InChI is InChI=1S/C20H17N5O2S/c1-27-16-9-5-8-15(12-16)25-20(22-23-24-25)28-13-19(26)21-18-11-4-7-14-6-2-3-10-17(14)18/h2-12H,13H2,1H3,(H,21,26). The fourth-order valence-electron chi connectivity index (χ4n) is 2.82. The molecule has 8 heteroatoms. The van der Waals surface area contributed by atoms with E-state index in [1.54, 1.807) is 11.8 Å². The Kier molecular flexibility index (Phi) is 5.20. The van der Waals surface area contributed by atoms with Gasteiger partial charge in [-0.15, -0.1) is 5.10 Å². The molecule has 3 aromatic carbocycles. The molecular formula is C20H17N5O2S. The van der Waals surface area contributed by atoms with Gasteiger partial charge in [0, 0.05) is 17.1 Å². The Bertz CT molecular complexity index is 1120. The molecule has 140 valence electrons. The molecule has 0 bridgehead atoms. The van der Waals surface area contributed by atoms with Gasteiger partial charge in [-0.2, -0.15) is 4.68 Å². The third-order valence-electron chi connectivity index (χ3n) is 4.13. The number of nitrogens with zero attached hydrogens (tertiary/aromatic N) is 4. The average molecular weight is 391 g/mol. The number of tetrazole rings is 1. The van der Waals surface area contributed by atoms with Gasteiger partial charge in [0.25, 0.3) is 0 Å². The summed E-state index contributed by atoms with van der Waals surface area (Å²) in [6, 6.07) is 21.2. The zero-order chi connectivity index (χ0) is 19.3. The van der Waals surface area contributed by atoms with Gasteiger partial charge in [-0.1, -0.05) is 54.2 Å². The van der Waals surface area contributed by atoms with Crippen molar-refractivity contribution in [3.8, 4) is 11.4 Å². The molecule has 1 amide bonds. The van der Waals surface area contributed by atoms with E-state index in [0.29, 0.717) is 10.9 Å². The molecule has 4 aromatic rings. The van der Waals surface area contributed by atoms with Crippen LogP contribution >= 0.6 is 11.8 Å². The maximum atomic E-state index is 12.5. The van der Waals surface area contributed by atoms with Crippen LogP contribution in [0.4, 0.5) is 5.69 Å². The Morgan fingerprint density at radius 3 is 2.82 bits per heavy atom. The molecule has 4 rings (SSSR count). The fourth-order valence-corrected chi connectivity index (χ4v) is 3.51. The number of fused-ring (bicyclic) bond motifs is 1. The zero-order valence-electron chi connectivity index (χ0n) is 15.1. The lowest BCUT2D eigenvalue weighted by Gasteiger charge is -2.09. The van der Waals surface area contributed by atoms with Crippen LogP contribution in [0.2, 0.25) is 0 Å². The number of ether oxygens (including phenoxy) is 1. The number of anilines is 1. The highest BCUT2D eigenvalue weighted by Gasteiger charge is 2.13. The van der Waals surface area contributed by atoms with E-state index in [-0.39, 0.29) is 11.7 Å². The first-order valence-corrected chi connectivity index (χ1v) is 9.56. The molecule has 1 heterocycles. The van der Waals surface area contributed by atoms with E-state index >= 15 is 0 Å². The lowest BCUT2D eigenvalue weighted by molar-refractivity contribution is -0.113. The summed E-state index contributed by atoms with van der Waals surface area (Å²) in [4.78, 5) is 12.5. The van der Waals surface area contributed by atoms with E-state index in [1.807, 2.05) is 66.7 Å². The van der Waals surface area contributed by atoms with Crippen LogP contribution in [0.5, 0.6) is 5.75 Å². The van der Waals surface area contributed by atoms with E-state index in [9.17, 15) is 4.79 Å². The highest BCUT2D eigenvalue weighted by atomic mass is 32.2. The molecule has 0 aliphatic carbocycles. The molecule has 0 aliphatic heterocycles. The first-order valence-electron chi connectivity index (χ1n) is 8.58. The molecule has 1 aromatic heterocycles. The van der Waals surface area contributed by atoms with Crippen molar-refractivity contribution in [3.05, 3.63) is 66.7 Å². The van der Waals surface area contributed by atoms with Gasteiger partial charge in [-0.05, 0) is 34.0 Å². The van der Waals surface area contributed by atoms with Gasteiger partial charge < -0.3 is 10.1 Å². The first kappa shape index (κ1) is 18.0. The molecule has 0 atom stereocenters. The number of rotatable bonds is 6. The summed E-state index contributed by atoms with van der Waals surface area (Å²) >= 11 is 1.27. The molecule has 0 radical (unpaired) electrons. The normalized spacial score (nSPS) is 10.8. The SMILES string of the molecule is COc1cccc(-n2nnnc2SCC(=O)Nc2cccc3ccccc23)c1. The lowest BCUT2D eigenvalue weighted by Crippen LogP contribution is -2.14. The molecule has 1 N–H and O–H groups in total. The Balaban J connectivity index is 1.46. The Morgan fingerprint density at radius 1 is 1.11 bits per heavy atom. The fraction of sp³-hybridized carbons (Fsp3) is 0.100. The minimum absolute atomic E-state index is 0.124. The van der Waals surface area contributed by atoms with Crippen molar-refractivity contribution in [2.24, 2.45) is 0 Å². The summed E-state index contributed by atoms with van der Waals surface area (Å²) in [6.07, 6.45) is 0. The van der Waals surface area contributed by atoms with Crippen molar-refractivity contribution in [3.63, 3.8) is 0 Å². The van der Waals surface area contributed by atoms with Crippen LogP contribution in [0.1, 0.15) is 0 Å². The number of nitrogens with one attached hydrogen (secondary N) is 1. The second-order valence-electron chi connectivity index (χ2n) is 5.94. The summed E-state index contributed by atoms with van der Waals surface area (Å²) < 4.78 is 6.82. The van der Waals surface area contributed by atoms with E-state index < -0.39 is 0 Å². The summed E-state index contributed by atoms with van der Waals surface area (Å²) in [5, 5.41) is 17.3. The van der Waals surface area contributed by atoms with Crippen LogP contribution in [0.3, 0.4) is 0 Å². The topological polar surface area (TPSA) is 81.9 Å². The molecule has 0 unspecified atom stereocenters. The van der Waals surface area contributed by atoms with Crippen molar-refractivity contribution < 1.29 is 9.53 Å². The Hall–Kier alpha value is -3.39. The van der Waals surface area contributed by atoms with Gasteiger partial charge >= 0.3 is 0 Å². The third kappa shape index (κ3) is 3.81. The van der Waals surface area contributed by atoms with Gasteiger partial charge in [0.15, 0.2) is 0 Å². The second kappa shape index (κ2) is 8.10. The molecule has 7 nitrogen and oxygen atoms in total. The van der Waals surface area contributed by atoms with Crippen LogP contribution < -0.4 is 10.1 Å². The van der Waals surface area contributed by atoms with Crippen molar-refractivity contribution in [1.29, 1.82) is 0 Å². The first-order chi connectivity index (χ1) is 13.7. The van der Waals surface area contributed by atoms with Crippen molar-refractivity contribution in [2.75, 3.05) is 18.2 Å². The quantitative estimate of drug-likeness (QED) is 0.506. The Morgan fingerprint density at radius 2 is 1.93 bits per heavy atom. The van der Waals surface area contributed by atoms with Crippen LogP contribution in [0.25, 0.3) is 16.5 Å². The number of amides is 1. The van der Waals surface area contributed by atoms with Gasteiger partial charge in [0.05, 0.1) is 18.6 Å². The van der Waals surface area contributed by atoms with Gasteiger partial charge in [0.2, 0.25) is 11.1 Å². The lowest BCUT2D eigenvalue weighted by atomic mass is 10.1. The van der Waals surface area contributed by atoms with E-state index in [0.717, 1.165) is 22.1 Å². The molecule has 28 heavy (non-hydrogen) atoms. The highest BCUT2D eigenvalue weighted by Crippen LogP contribution is 2.24. The van der Waals surface area contributed by atoms with Crippen molar-refractivity contribution in [1.82, 2.24) is 20.2 Å². The van der Waals surface area contributed by atoms with Gasteiger partial charge in [0.1, 0.15) is 5.75 Å². The van der Waals surface area contributed by atoms with Crippen molar-refractivity contribution >= 4 is 34.1 Å². The summed E-state index contributed by atoms with van der Waals surface area (Å²) in [6.45, 7) is 0. The molecule has 0 aliphatic rings. The van der Waals surface area contributed by atoms with E-state index in [1.165, 1.54) is 11.8 Å².